The number of rotatable bonds is 3. The monoisotopic (exact) mass is 297 g/mol. The van der Waals surface area contributed by atoms with Crippen molar-refractivity contribution in [2.45, 2.75) is 0 Å². The van der Waals surface area contributed by atoms with Crippen LogP contribution in [0.15, 0.2) is 48.8 Å². The second kappa shape index (κ2) is 5.54. The maximum absolute atomic E-state index is 8.09. The van der Waals surface area contributed by atoms with E-state index in [1.54, 1.807) is 13.3 Å². The number of hydrogen-bond acceptors (Lipinski definition) is 4. The van der Waals surface area contributed by atoms with Gasteiger partial charge in [0, 0.05) is 25.0 Å². The third-order valence-corrected chi connectivity index (χ3v) is 4.44. The van der Waals surface area contributed by atoms with Crippen LogP contribution in [0.25, 0.3) is 21.7 Å². The zero-order chi connectivity index (χ0) is 14.8. The molecule has 0 radical (unpaired) electrons. The maximum atomic E-state index is 8.09. The van der Waals surface area contributed by atoms with Gasteiger partial charge in [-0.25, -0.2) is 0 Å². The number of pyridine rings is 1. The van der Waals surface area contributed by atoms with Gasteiger partial charge in [-0.15, -0.1) is 0 Å². The fourth-order valence-corrected chi connectivity index (χ4v) is 3.25. The number of hydrogen-bond donors (Lipinski definition) is 1. The van der Waals surface area contributed by atoms with E-state index >= 15 is 0 Å². The van der Waals surface area contributed by atoms with Gasteiger partial charge in [0.2, 0.25) is 0 Å². The Balaban J connectivity index is 2.19. The first-order valence-corrected chi connectivity index (χ1v) is 7.31. The van der Waals surface area contributed by atoms with Gasteiger partial charge in [-0.2, -0.15) is 0 Å². The Bertz CT molecular complexity index is 804. The number of methoxy groups -OCH3 is 1. The molecule has 0 atom stereocenters. The van der Waals surface area contributed by atoms with E-state index in [2.05, 4.69) is 4.98 Å². The molecule has 3 aromatic rings. The van der Waals surface area contributed by atoms with Crippen LogP contribution >= 0.6 is 11.3 Å². The minimum Gasteiger partial charge on any atom is -0.497 e. The van der Waals surface area contributed by atoms with Crippen LogP contribution in [0.1, 0.15) is 0 Å². The average Bonchev–Trinajstić information content (AvgIpc) is 2.84. The summed E-state index contributed by atoms with van der Waals surface area (Å²) in [5, 5.41) is 8.09. The highest BCUT2D eigenvalue weighted by molar-refractivity contribution is 7.13. The van der Waals surface area contributed by atoms with Crippen molar-refractivity contribution < 1.29 is 4.74 Å². The minimum absolute atomic E-state index is 0.514. The molecular formula is C16H15N3OS. The van der Waals surface area contributed by atoms with Gasteiger partial charge in [0.25, 0.3) is 0 Å². The molecule has 1 N–H and O–H groups in total. The summed E-state index contributed by atoms with van der Waals surface area (Å²) in [6.07, 6.45) is 3.59. The standard InChI is InChI=1S/C16H15N3OS/c1-19-14(11-5-7-13(20-2)8-6-11)15(21-16(19)17)12-4-3-9-18-10-12/h3-10,17H,1-2H3. The van der Waals surface area contributed by atoms with Crippen LogP contribution in [-0.2, 0) is 7.05 Å². The molecule has 0 saturated heterocycles. The second-order valence-electron chi connectivity index (χ2n) is 4.61. The summed E-state index contributed by atoms with van der Waals surface area (Å²) in [5.41, 5.74) is 3.12. The van der Waals surface area contributed by atoms with E-state index < -0.39 is 0 Å². The van der Waals surface area contributed by atoms with Crippen molar-refractivity contribution in [3.63, 3.8) is 0 Å². The van der Waals surface area contributed by atoms with Crippen molar-refractivity contribution >= 4 is 11.3 Å². The zero-order valence-corrected chi connectivity index (χ0v) is 12.6. The molecule has 2 aromatic heterocycles. The highest BCUT2D eigenvalue weighted by Crippen LogP contribution is 2.34. The molecule has 0 spiro atoms. The molecule has 5 heteroatoms. The molecule has 0 bridgehead atoms. The Hall–Kier alpha value is -2.40. The van der Waals surface area contributed by atoms with E-state index in [-0.39, 0.29) is 0 Å². The van der Waals surface area contributed by atoms with Crippen LogP contribution < -0.4 is 9.54 Å². The molecule has 4 nitrogen and oxygen atoms in total. The van der Waals surface area contributed by atoms with E-state index in [1.807, 2.05) is 54.2 Å². The molecule has 0 aliphatic rings. The smallest absolute Gasteiger partial charge is 0.182 e. The third-order valence-electron chi connectivity index (χ3n) is 3.34. The van der Waals surface area contributed by atoms with Crippen molar-refractivity contribution in [2.24, 2.45) is 7.05 Å². The second-order valence-corrected chi connectivity index (χ2v) is 5.61. The molecule has 0 aliphatic carbocycles. The summed E-state index contributed by atoms with van der Waals surface area (Å²) < 4.78 is 7.10. The van der Waals surface area contributed by atoms with Crippen LogP contribution in [0.3, 0.4) is 0 Å². The Morgan fingerprint density at radius 1 is 1.14 bits per heavy atom. The topological polar surface area (TPSA) is 50.9 Å². The molecular weight excluding hydrogens is 282 g/mol. The van der Waals surface area contributed by atoms with Gasteiger partial charge in [0.1, 0.15) is 5.75 Å². The van der Waals surface area contributed by atoms with E-state index in [9.17, 15) is 0 Å². The lowest BCUT2D eigenvalue weighted by atomic mass is 10.1. The number of ether oxygens (including phenoxy) is 1. The van der Waals surface area contributed by atoms with Crippen LogP contribution in [0, 0.1) is 5.41 Å². The van der Waals surface area contributed by atoms with E-state index in [4.69, 9.17) is 10.1 Å². The first-order valence-electron chi connectivity index (χ1n) is 6.50. The van der Waals surface area contributed by atoms with Gasteiger partial charge in [-0.1, -0.05) is 17.4 Å². The first kappa shape index (κ1) is 13.6. The third kappa shape index (κ3) is 2.48. The quantitative estimate of drug-likeness (QED) is 0.806. The van der Waals surface area contributed by atoms with Crippen molar-refractivity contribution in [3.05, 3.63) is 53.6 Å². The number of thiazole rings is 1. The normalized spacial score (nSPS) is 10.6. The van der Waals surface area contributed by atoms with Gasteiger partial charge in [0.15, 0.2) is 4.80 Å². The van der Waals surface area contributed by atoms with Crippen LogP contribution in [-0.4, -0.2) is 16.7 Å². The van der Waals surface area contributed by atoms with Gasteiger partial charge in [-0.3, -0.25) is 10.4 Å². The van der Waals surface area contributed by atoms with Gasteiger partial charge in [-0.05, 0) is 35.9 Å². The molecule has 21 heavy (non-hydrogen) atoms. The Morgan fingerprint density at radius 2 is 1.90 bits per heavy atom. The predicted octanol–water partition coefficient (Wildman–Crippen LogP) is 3.30. The molecule has 0 saturated carbocycles. The van der Waals surface area contributed by atoms with Crippen LogP contribution in [0.4, 0.5) is 0 Å². The highest BCUT2D eigenvalue weighted by Gasteiger charge is 2.14. The zero-order valence-electron chi connectivity index (χ0n) is 11.8. The predicted molar refractivity (Wildman–Crippen MR) is 84.4 cm³/mol. The summed E-state index contributed by atoms with van der Waals surface area (Å²) >= 11 is 1.46. The van der Waals surface area contributed by atoms with Gasteiger partial charge >= 0.3 is 0 Å². The van der Waals surface area contributed by atoms with Gasteiger partial charge < -0.3 is 9.30 Å². The molecule has 3 rings (SSSR count). The Labute approximate surface area is 126 Å². The average molecular weight is 297 g/mol. The van der Waals surface area contributed by atoms with E-state index in [1.165, 1.54) is 11.3 Å². The summed E-state index contributed by atoms with van der Waals surface area (Å²) in [6, 6.07) is 11.8. The first-order chi connectivity index (χ1) is 10.2. The van der Waals surface area contributed by atoms with Crippen LogP contribution in [0.2, 0.25) is 0 Å². The van der Waals surface area contributed by atoms with Crippen LogP contribution in [0.5, 0.6) is 5.75 Å². The van der Waals surface area contributed by atoms with Crippen molar-refractivity contribution in [1.82, 2.24) is 9.55 Å². The molecule has 1 aromatic carbocycles. The summed E-state index contributed by atoms with van der Waals surface area (Å²) in [7, 11) is 3.57. The molecule has 0 amide bonds. The largest absolute Gasteiger partial charge is 0.497 e. The molecule has 0 aliphatic heterocycles. The SMILES string of the molecule is COc1ccc(-c2c(-c3cccnc3)sc(=N)n2C)cc1. The van der Waals surface area contributed by atoms with Crippen molar-refractivity contribution in [2.75, 3.05) is 7.11 Å². The van der Waals surface area contributed by atoms with E-state index in [0.29, 0.717) is 4.80 Å². The van der Waals surface area contributed by atoms with Gasteiger partial charge in [0.05, 0.1) is 17.7 Å². The minimum atomic E-state index is 0.514. The molecule has 106 valence electrons. The lowest BCUT2D eigenvalue weighted by Gasteiger charge is -2.08. The fraction of sp³-hybridized carbons (Fsp3) is 0.125. The lowest BCUT2D eigenvalue weighted by Crippen LogP contribution is -2.08. The van der Waals surface area contributed by atoms with Crippen molar-refractivity contribution in [1.29, 1.82) is 5.41 Å². The molecule has 0 unspecified atom stereocenters. The Kier molecular flexibility index (Phi) is 3.58. The summed E-state index contributed by atoms with van der Waals surface area (Å²) in [6.45, 7) is 0. The maximum Gasteiger partial charge on any atom is 0.182 e. The fourth-order valence-electron chi connectivity index (χ4n) is 2.23. The number of benzene rings is 1. The van der Waals surface area contributed by atoms with E-state index in [0.717, 1.165) is 27.4 Å². The molecule has 0 fully saturated rings. The number of nitrogens with zero attached hydrogens (tertiary/aromatic N) is 2. The number of aromatic nitrogens is 2. The lowest BCUT2D eigenvalue weighted by molar-refractivity contribution is 0.415. The molecule has 2 heterocycles. The summed E-state index contributed by atoms with van der Waals surface area (Å²) in [4.78, 5) is 5.75. The highest BCUT2D eigenvalue weighted by atomic mass is 32.1. The number of nitrogens with one attached hydrogen (secondary N) is 1. The Morgan fingerprint density at radius 3 is 2.52 bits per heavy atom. The van der Waals surface area contributed by atoms with Crippen molar-refractivity contribution in [3.8, 4) is 27.4 Å². The summed E-state index contributed by atoms with van der Waals surface area (Å²) in [5.74, 6) is 0.825.